The Morgan fingerprint density at radius 3 is 1.64 bits per heavy atom. The molecule has 11 heavy (non-hydrogen) atoms. The third kappa shape index (κ3) is 2.48. The summed E-state index contributed by atoms with van der Waals surface area (Å²) >= 11 is 0. The van der Waals surface area contributed by atoms with Crippen LogP contribution < -0.4 is 0 Å². The van der Waals surface area contributed by atoms with Gasteiger partial charge in [-0.25, -0.2) is 0 Å². The molecule has 66 valence electrons. The molecule has 0 saturated carbocycles. The predicted molar refractivity (Wildman–Crippen MR) is 47.6 cm³/mol. The van der Waals surface area contributed by atoms with Crippen molar-refractivity contribution < 1.29 is 4.74 Å². The molecule has 1 aliphatic rings. The molecule has 0 atom stereocenters. The molecule has 1 heterocycles. The van der Waals surface area contributed by atoms with Crippen LogP contribution in [0.3, 0.4) is 0 Å². The van der Waals surface area contributed by atoms with Gasteiger partial charge in [-0.3, -0.25) is 0 Å². The van der Waals surface area contributed by atoms with E-state index in [4.69, 9.17) is 4.74 Å². The molecule has 0 aromatic carbocycles. The Balaban J connectivity index is 2.66. The minimum Gasteiger partial charge on any atom is -0.370 e. The zero-order chi connectivity index (χ0) is 8.70. The van der Waals surface area contributed by atoms with E-state index in [-0.39, 0.29) is 11.2 Å². The molecule has 0 radical (unpaired) electrons. The Labute approximate surface area is 70.1 Å². The maximum absolute atomic E-state index is 5.93. The van der Waals surface area contributed by atoms with Crippen molar-refractivity contribution in [2.45, 2.75) is 58.7 Å². The fraction of sp³-hybridized carbons (Fsp3) is 1.00. The van der Waals surface area contributed by atoms with Gasteiger partial charge >= 0.3 is 0 Å². The van der Waals surface area contributed by atoms with Gasteiger partial charge in [-0.15, -0.1) is 0 Å². The van der Waals surface area contributed by atoms with E-state index in [9.17, 15) is 0 Å². The van der Waals surface area contributed by atoms with Gasteiger partial charge in [-0.1, -0.05) is 6.92 Å². The van der Waals surface area contributed by atoms with E-state index in [1.54, 1.807) is 0 Å². The number of rotatable bonds is 0. The van der Waals surface area contributed by atoms with Crippen LogP contribution in [0.2, 0.25) is 0 Å². The zero-order valence-corrected chi connectivity index (χ0v) is 8.40. The first-order chi connectivity index (χ1) is 4.81. The lowest BCUT2D eigenvalue weighted by molar-refractivity contribution is -0.170. The van der Waals surface area contributed by atoms with Crippen LogP contribution in [0.5, 0.6) is 0 Å². The monoisotopic (exact) mass is 156 g/mol. The van der Waals surface area contributed by atoms with E-state index < -0.39 is 0 Å². The first kappa shape index (κ1) is 9.05. The van der Waals surface area contributed by atoms with Crippen molar-refractivity contribution in [3.05, 3.63) is 0 Å². The molecule has 0 amide bonds. The Morgan fingerprint density at radius 2 is 1.36 bits per heavy atom. The highest BCUT2D eigenvalue weighted by molar-refractivity contribution is 4.86. The highest BCUT2D eigenvalue weighted by Crippen LogP contribution is 2.37. The average molecular weight is 156 g/mol. The molecule has 0 aromatic heterocycles. The number of hydrogen-bond donors (Lipinski definition) is 0. The number of ether oxygens (including phenoxy) is 1. The van der Waals surface area contributed by atoms with Crippen LogP contribution >= 0.6 is 0 Å². The molecule has 1 aliphatic heterocycles. The van der Waals surface area contributed by atoms with Gasteiger partial charge in [0.1, 0.15) is 0 Å². The molecule has 0 unspecified atom stereocenters. The Bertz CT molecular complexity index is 131. The quantitative estimate of drug-likeness (QED) is 0.524. The lowest BCUT2D eigenvalue weighted by atomic mass is 9.82. The van der Waals surface area contributed by atoms with Gasteiger partial charge in [0.15, 0.2) is 0 Å². The normalized spacial score (nSPS) is 30.3. The fourth-order valence-electron chi connectivity index (χ4n) is 2.58. The molecule has 0 bridgehead atoms. The van der Waals surface area contributed by atoms with Gasteiger partial charge in [-0.2, -0.15) is 0 Å². The summed E-state index contributed by atoms with van der Waals surface area (Å²) in [5.74, 6) is 0.800. The van der Waals surface area contributed by atoms with Crippen LogP contribution in [0.25, 0.3) is 0 Å². The minimum atomic E-state index is 0.0845. The lowest BCUT2D eigenvalue weighted by Crippen LogP contribution is -2.44. The first-order valence-electron chi connectivity index (χ1n) is 4.51. The van der Waals surface area contributed by atoms with Crippen LogP contribution in [0.4, 0.5) is 0 Å². The van der Waals surface area contributed by atoms with Gasteiger partial charge < -0.3 is 4.74 Å². The molecule has 0 N–H and O–H groups in total. The minimum absolute atomic E-state index is 0.0845. The van der Waals surface area contributed by atoms with Crippen molar-refractivity contribution >= 4 is 0 Å². The second-order valence-electron chi connectivity index (χ2n) is 5.13. The highest BCUT2D eigenvalue weighted by Gasteiger charge is 2.37. The maximum atomic E-state index is 5.93. The van der Waals surface area contributed by atoms with Crippen molar-refractivity contribution in [2.24, 2.45) is 5.92 Å². The number of hydrogen-bond acceptors (Lipinski definition) is 1. The third-order valence-corrected chi connectivity index (χ3v) is 2.23. The standard InChI is InChI=1S/C10H20O/c1-8-6-9(2,3)11-10(4,5)7-8/h8H,6-7H2,1-5H3. The van der Waals surface area contributed by atoms with E-state index in [1.807, 2.05) is 0 Å². The molecule has 1 heteroatoms. The maximum Gasteiger partial charge on any atom is 0.0636 e. The molecule has 0 spiro atoms. The average Bonchev–Trinajstić information content (AvgIpc) is 1.49. The van der Waals surface area contributed by atoms with E-state index in [0.717, 1.165) is 5.92 Å². The molecular formula is C10H20O. The van der Waals surface area contributed by atoms with Crippen molar-refractivity contribution in [2.75, 3.05) is 0 Å². The molecule has 1 rings (SSSR count). The SMILES string of the molecule is CC1CC(C)(C)OC(C)(C)C1. The van der Waals surface area contributed by atoms with Crippen molar-refractivity contribution in [1.82, 2.24) is 0 Å². The molecule has 0 aliphatic carbocycles. The van der Waals surface area contributed by atoms with Crippen LogP contribution in [0.1, 0.15) is 47.5 Å². The Morgan fingerprint density at radius 1 is 1.00 bits per heavy atom. The molecule has 0 aromatic rings. The summed E-state index contributed by atoms with van der Waals surface area (Å²) in [6, 6.07) is 0. The Kier molecular flexibility index (Phi) is 2.04. The van der Waals surface area contributed by atoms with Crippen molar-refractivity contribution in [3.8, 4) is 0 Å². The summed E-state index contributed by atoms with van der Waals surface area (Å²) in [5.41, 5.74) is 0.169. The summed E-state index contributed by atoms with van der Waals surface area (Å²) in [4.78, 5) is 0. The van der Waals surface area contributed by atoms with Gasteiger partial charge in [-0.05, 0) is 46.5 Å². The van der Waals surface area contributed by atoms with E-state index in [0.29, 0.717) is 0 Å². The van der Waals surface area contributed by atoms with E-state index in [1.165, 1.54) is 12.8 Å². The highest BCUT2D eigenvalue weighted by atomic mass is 16.5. The van der Waals surface area contributed by atoms with Gasteiger partial charge in [0.2, 0.25) is 0 Å². The largest absolute Gasteiger partial charge is 0.370 e. The zero-order valence-electron chi connectivity index (χ0n) is 8.40. The van der Waals surface area contributed by atoms with Crippen LogP contribution in [-0.2, 0) is 4.74 Å². The van der Waals surface area contributed by atoms with Crippen LogP contribution in [0, 0.1) is 5.92 Å². The van der Waals surface area contributed by atoms with Crippen molar-refractivity contribution in [3.63, 3.8) is 0 Å². The molecule has 1 saturated heterocycles. The summed E-state index contributed by atoms with van der Waals surface area (Å²) in [7, 11) is 0. The first-order valence-corrected chi connectivity index (χ1v) is 4.51. The topological polar surface area (TPSA) is 9.23 Å². The molecular weight excluding hydrogens is 136 g/mol. The van der Waals surface area contributed by atoms with Crippen LogP contribution in [0.15, 0.2) is 0 Å². The summed E-state index contributed by atoms with van der Waals surface area (Å²) in [5, 5.41) is 0. The fourth-order valence-corrected chi connectivity index (χ4v) is 2.58. The summed E-state index contributed by atoms with van der Waals surface area (Å²) in [6.45, 7) is 11.1. The van der Waals surface area contributed by atoms with Crippen LogP contribution in [-0.4, -0.2) is 11.2 Å². The summed E-state index contributed by atoms with van der Waals surface area (Å²) < 4.78 is 5.93. The van der Waals surface area contributed by atoms with Crippen molar-refractivity contribution in [1.29, 1.82) is 0 Å². The van der Waals surface area contributed by atoms with E-state index in [2.05, 4.69) is 34.6 Å². The summed E-state index contributed by atoms with van der Waals surface area (Å²) in [6.07, 6.45) is 2.38. The van der Waals surface area contributed by atoms with Gasteiger partial charge in [0.05, 0.1) is 11.2 Å². The van der Waals surface area contributed by atoms with Gasteiger partial charge in [0.25, 0.3) is 0 Å². The molecule has 1 fully saturated rings. The smallest absolute Gasteiger partial charge is 0.0636 e. The second kappa shape index (κ2) is 2.48. The van der Waals surface area contributed by atoms with E-state index >= 15 is 0 Å². The lowest BCUT2D eigenvalue weighted by Gasteiger charge is -2.44. The molecule has 1 nitrogen and oxygen atoms in total. The van der Waals surface area contributed by atoms with Gasteiger partial charge in [0, 0.05) is 0 Å². The predicted octanol–water partition coefficient (Wildman–Crippen LogP) is 2.99. The third-order valence-electron chi connectivity index (χ3n) is 2.23. The second-order valence-corrected chi connectivity index (χ2v) is 5.13. The Hall–Kier alpha value is -0.0400.